The van der Waals surface area contributed by atoms with Gasteiger partial charge in [-0.25, -0.2) is 4.79 Å². The van der Waals surface area contributed by atoms with E-state index in [1.165, 1.54) is 7.11 Å². The van der Waals surface area contributed by atoms with Gasteiger partial charge in [0.25, 0.3) is 0 Å². The standard InChI is InChI=1S/C15H19ClN2O3/c1-9(11-7-17-8-11)14(19)18-13(15(20)21-2)10-3-5-12(16)6-4-10/h3-6,9,11,13,17H,7-8H2,1-2H3,(H,18,19). The van der Waals surface area contributed by atoms with Gasteiger partial charge in [-0.3, -0.25) is 4.79 Å². The van der Waals surface area contributed by atoms with Crippen LogP contribution < -0.4 is 10.6 Å². The fraction of sp³-hybridized carbons (Fsp3) is 0.467. The average Bonchev–Trinajstić information content (AvgIpc) is 2.43. The molecule has 0 spiro atoms. The summed E-state index contributed by atoms with van der Waals surface area (Å²) in [4.78, 5) is 24.2. The van der Waals surface area contributed by atoms with Crippen LogP contribution in [0.15, 0.2) is 24.3 Å². The summed E-state index contributed by atoms with van der Waals surface area (Å²) in [5.74, 6) is -0.476. The van der Waals surface area contributed by atoms with E-state index >= 15 is 0 Å². The van der Waals surface area contributed by atoms with Gasteiger partial charge in [0.2, 0.25) is 5.91 Å². The van der Waals surface area contributed by atoms with Gasteiger partial charge in [-0.05, 0) is 36.7 Å². The van der Waals surface area contributed by atoms with Gasteiger partial charge < -0.3 is 15.4 Å². The number of esters is 1. The number of benzene rings is 1. The summed E-state index contributed by atoms with van der Waals surface area (Å²) >= 11 is 5.84. The Balaban J connectivity index is 2.10. The van der Waals surface area contributed by atoms with Crippen molar-refractivity contribution in [2.45, 2.75) is 13.0 Å². The van der Waals surface area contributed by atoms with Crippen molar-refractivity contribution in [1.29, 1.82) is 0 Å². The highest BCUT2D eigenvalue weighted by Gasteiger charge is 2.32. The van der Waals surface area contributed by atoms with Crippen LogP contribution in [0.2, 0.25) is 5.02 Å². The number of halogens is 1. The SMILES string of the molecule is COC(=O)C(NC(=O)C(C)C1CNC1)c1ccc(Cl)cc1. The molecule has 0 saturated carbocycles. The third-order valence-corrected chi connectivity index (χ3v) is 4.11. The maximum atomic E-state index is 12.3. The van der Waals surface area contributed by atoms with Crippen LogP contribution in [0.3, 0.4) is 0 Å². The number of amides is 1. The van der Waals surface area contributed by atoms with E-state index in [4.69, 9.17) is 16.3 Å². The van der Waals surface area contributed by atoms with Crippen molar-refractivity contribution >= 4 is 23.5 Å². The van der Waals surface area contributed by atoms with Crippen LogP contribution in [0.5, 0.6) is 0 Å². The van der Waals surface area contributed by atoms with Gasteiger partial charge in [0.15, 0.2) is 6.04 Å². The van der Waals surface area contributed by atoms with Crippen molar-refractivity contribution in [1.82, 2.24) is 10.6 Å². The van der Waals surface area contributed by atoms with E-state index in [9.17, 15) is 9.59 Å². The molecule has 0 aliphatic carbocycles. The molecular formula is C15H19ClN2O3. The zero-order valence-corrected chi connectivity index (χ0v) is 12.8. The number of rotatable bonds is 5. The summed E-state index contributed by atoms with van der Waals surface area (Å²) < 4.78 is 4.78. The summed E-state index contributed by atoms with van der Waals surface area (Å²) in [6.07, 6.45) is 0. The molecule has 5 nitrogen and oxygen atoms in total. The molecule has 1 amide bonds. The van der Waals surface area contributed by atoms with Gasteiger partial charge in [0.1, 0.15) is 0 Å². The van der Waals surface area contributed by atoms with Gasteiger partial charge in [-0.1, -0.05) is 30.7 Å². The first-order chi connectivity index (χ1) is 10.0. The van der Waals surface area contributed by atoms with Crippen molar-refractivity contribution in [3.63, 3.8) is 0 Å². The number of hydrogen-bond donors (Lipinski definition) is 2. The first-order valence-electron chi connectivity index (χ1n) is 6.87. The molecular weight excluding hydrogens is 292 g/mol. The lowest BCUT2D eigenvalue weighted by atomic mass is 9.88. The molecule has 1 saturated heterocycles. The number of methoxy groups -OCH3 is 1. The summed E-state index contributed by atoms with van der Waals surface area (Å²) in [5.41, 5.74) is 0.651. The smallest absolute Gasteiger partial charge is 0.333 e. The Morgan fingerprint density at radius 2 is 1.95 bits per heavy atom. The second-order valence-electron chi connectivity index (χ2n) is 5.22. The fourth-order valence-electron chi connectivity index (χ4n) is 2.20. The lowest BCUT2D eigenvalue weighted by molar-refractivity contribution is -0.146. The topological polar surface area (TPSA) is 67.4 Å². The summed E-state index contributed by atoms with van der Waals surface area (Å²) in [7, 11) is 1.30. The highest BCUT2D eigenvalue weighted by atomic mass is 35.5. The van der Waals surface area contributed by atoms with Gasteiger partial charge in [0.05, 0.1) is 7.11 Å². The van der Waals surface area contributed by atoms with Crippen LogP contribution in [0.25, 0.3) is 0 Å². The van der Waals surface area contributed by atoms with Crippen LogP contribution in [0.4, 0.5) is 0 Å². The van der Waals surface area contributed by atoms with E-state index in [-0.39, 0.29) is 11.8 Å². The quantitative estimate of drug-likeness (QED) is 0.809. The Kier molecular flexibility index (Phi) is 5.20. The molecule has 1 aliphatic rings. The van der Waals surface area contributed by atoms with E-state index in [0.717, 1.165) is 13.1 Å². The molecule has 0 bridgehead atoms. The van der Waals surface area contributed by atoms with Gasteiger partial charge in [0, 0.05) is 10.9 Å². The number of hydrogen-bond acceptors (Lipinski definition) is 4. The van der Waals surface area contributed by atoms with Gasteiger partial charge >= 0.3 is 5.97 Å². The van der Waals surface area contributed by atoms with Crippen LogP contribution in [0, 0.1) is 11.8 Å². The minimum atomic E-state index is -0.810. The highest BCUT2D eigenvalue weighted by Crippen LogP contribution is 2.21. The number of carbonyl (C=O) groups is 2. The molecule has 1 aliphatic heterocycles. The number of ether oxygens (including phenoxy) is 1. The second-order valence-corrected chi connectivity index (χ2v) is 5.66. The Hall–Kier alpha value is -1.59. The lowest BCUT2D eigenvalue weighted by Crippen LogP contribution is -2.50. The normalized spacial score (nSPS) is 17.5. The molecule has 1 aromatic rings. The zero-order chi connectivity index (χ0) is 15.4. The molecule has 0 radical (unpaired) electrons. The molecule has 2 N–H and O–H groups in total. The van der Waals surface area contributed by atoms with E-state index in [1.54, 1.807) is 24.3 Å². The minimum absolute atomic E-state index is 0.146. The molecule has 2 rings (SSSR count). The fourth-order valence-corrected chi connectivity index (χ4v) is 2.33. The van der Waals surface area contributed by atoms with Crippen molar-refractivity contribution in [3.05, 3.63) is 34.9 Å². The van der Waals surface area contributed by atoms with Crippen molar-refractivity contribution in [3.8, 4) is 0 Å². The molecule has 1 heterocycles. The summed E-state index contributed by atoms with van der Waals surface area (Å²) in [5, 5.41) is 6.48. The first kappa shape index (κ1) is 15.8. The predicted molar refractivity (Wildman–Crippen MR) is 79.9 cm³/mol. The number of carbonyl (C=O) groups excluding carboxylic acids is 2. The van der Waals surface area contributed by atoms with Crippen LogP contribution in [0.1, 0.15) is 18.5 Å². The maximum Gasteiger partial charge on any atom is 0.333 e. The third-order valence-electron chi connectivity index (χ3n) is 3.86. The van der Waals surface area contributed by atoms with Crippen molar-refractivity contribution < 1.29 is 14.3 Å². The van der Waals surface area contributed by atoms with Crippen LogP contribution >= 0.6 is 11.6 Å². The zero-order valence-electron chi connectivity index (χ0n) is 12.1. The van der Waals surface area contributed by atoms with E-state index in [2.05, 4.69) is 10.6 Å². The highest BCUT2D eigenvalue weighted by molar-refractivity contribution is 6.30. The Morgan fingerprint density at radius 3 is 2.43 bits per heavy atom. The molecule has 21 heavy (non-hydrogen) atoms. The van der Waals surface area contributed by atoms with E-state index in [0.29, 0.717) is 16.5 Å². The Bertz CT molecular complexity index is 514. The number of nitrogens with one attached hydrogen (secondary N) is 2. The van der Waals surface area contributed by atoms with Gasteiger partial charge in [-0.15, -0.1) is 0 Å². The molecule has 114 valence electrons. The molecule has 1 aromatic carbocycles. The van der Waals surface area contributed by atoms with Crippen LogP contribution in [-0.4, -0.2) is 32.1 Å². The second kappa shape index (κ2) is 6.91. The van der Waals surface area contributed by atoms with E-state index in [1.807, 2.05) is 6.92 Å². The van der Waals surface area contributed by atoms with Gasteiger partial charge in [-0.2, -0.15) is 0 Å². The van der Waals surface area contributed by atoms with Crippen molar-refractivity contribution in [2.75, 3.05) is 20.2 Å². The molecule has 1 fully saturated rings. The largest absolute Gasteiger partial charge is 0.467 e. The monoisotopic (exact) mass is 310 g/mol. The maximum absolute atomic E-state index is 12.3. The molecule has 6 heteroatoms. The Labute approximate surface area is 129 Å². The van der Waals surface area contributed by atoms with E-state index < -0.39 is 12.0 Å². The average molecular weight is 311 g/mol. The minimum Gasteiger partial charge on any atom is -0.467 e. The van der Waals surface area contributed by atoms with Crippen LogP contribution in [-0.2, 0) is 14.3 Å². The first-order valence-corrected chi connectivity index (χ1v) is 7.25. The Morgan fingerprint density at radius 1 is 1.33 bits per heavy atom. The molecule has 2 atom stereocenters. The molecule has 0 aromatic heterocycles. The predicted octanol–water partition coefficient (Wildman–Crippen LogP) is 1.53. The molecule has 2 unspecified atom stereocenters. The third kappa shape index (κ3) is 3.74. The summed E-state index contributed by atoms with van der Waals surface area (Å²) in [6, 6.07) is 5.96. The lowest BCUT2D eigenvalue weighted by Gasteiger charge is -2.32. The summed E-state index contributed by atoms with van der Waals surface area (Å²) in [6.45, 7) is 3.54. The van der Waals surface area contributed by atoms with Crippen molar-refractivity contribution in [2.24, 2.45) is 11.8 Å².